The molecule has 0 aliphatic carbocycles. The van der Waals surface area contributed by atoms with Crippen LogP contribution in [0.15, 0.2) is 0 Å². The predicted molar refractivity (Wildman–Crippen MR) is 64.2 cm³/mol. The molecule has 0 spiro atoms. The number of aliphatic carboxylic acids is 1. The summed E-state index contributed by atoms with van der Waals surface area (Å²) in [5, 5.41) is 18.7. The SMILES string of the molecule is CC1(C(=O)O)CCCN1C(=O)N1CCC(O)CC1. The molecule has 2 rings (SSSR count). The first-order valence-electron chi connectivity index (χ1n) is 6.43. The third-order valence-electron chi connectivity index (χ3n) is 4.07. The van der Waals surface area contributed by atoms with Crippen molar-refractivity contribution in [3.8, 4) is 0 Å². The van der Waals surface area contributed by atoms with E-state index in [-0.39, 0.29) is 12.1 Å². The van der Waals surface area contributed by atoms with Crippen LogP contribution in [0.3, 0.4) is 0 Å². The van der Waals surface area contributed by atoms with Crippen LogP contribution < -0.4 is 0 Å². The minimum atomic E-state index is -1.08. The molecule has 2 aliphatic heterocycles. The van der Waals surface area contributed by atoms with E-state index in [1.54, 1.807) is 11.8 Å². The van der Waals surface area contributed by atoms with Crippen LogP contribution in [0.2, 0.25) is 0 Å². The molecule has 0 aromatic rings. The summed E-state index contributed by atoms with van der Waals surface area (Å²) >= 11 is 0. The van der Waals surface area contributed by atoms with Crippen molar-refractivity contribution in [3.63, 3.8) is 0 Å². The van der Waals surface area contributed by atoms with Gasteiger partial charge in [0, 0.05) is 19.6 Å². The number of nitrogens with zero attached hydrogens (tertiary/aromatic N) is 2. The lowest BCUT2D eigenvalue weighted by Gasteiger charge is -2.38. The first-order chi connectivity index (χ1) is 8.45. The Balaban J connectivity index is 2.06. The van der Waals surface area contributed by atoms with Gasteiger partial charge in [0.15, 0.2) is 0 Å². The normalized spacial score (nSPS) is 29.7. The summed E-state index contributed by atoms with van der Waals surface area (Å²) in [7, 11) is 0. The maximum atomic E-state index is 12.3. The molecule has 2 fully saturated rings. The maximum Gasteiger partial charge on any atom is 0.329 e. The van der Waals surface area contributed by atoms with Crippen LogP contribution in [-0.4, -0.2) is 63.3 Å². The Morgan fingerprint density at radius 3 is 2.39 bits per heavy atom. The van der Waals surface area contributed by atoms with E-state index in [2.05, 4.69) is 0 Å². The molecule has 1 unspecified atom stereocenters. The van der Waals surface area contributed by atoms with Crippen LogP contribution in [0.4, 0.5) is 4.79 Å². The number of hydrogen-bond acceptors (Lipinski definition) is 3. The van der Waals surface area contributed by atoms with Crippen LogP contribution in [0.5, 0.6) is 0 Å². The fourth-order valence-electron chi connectivity index (χ4n) is 2.72. The summed E-state index contributed by atoms with van der Waals surface area (Å²) in [5.41, 5.74) is -1.08. The Morgan fingerprint density at radius 2 is 1.83 bits per heavy atom. The third-order valence-corrected chi connectivity index (χ3v) is 4.07. The molecule has 2 amide bonds. The molecule has 0 aromatic carbocycles. The molecular formula is C12H20N2O4. The molecule has 1 atom stereocenters. The first kappa shape index (κ1) is 13.1. The number of carbonyl (C=O) groups excluding carboxylic acids is 1. The van der Waals surface area contributed by atoms with Gasteiger partial charge in [-0.05, 0) is 32.6 Å². The minimum Gasteiger partial charge on any atom is -0.480 e. The van der Waals surface area contributed by atoms with Crippen molar-refractivity contribution in [1.29, 1.82) is 0 Å². The van der Waals surface area contributed by atoms with E-state index in [0.717, 1.165) is 6.42 Å². The number of carboxylic acids is 1. The Bertz CT molecular complexity index is 352. The number of aliphatic hydroxyl groups is 1. The first-order valence-corrected chi connectivity index (χ1v) is 6.43. The van der Waals surface area contributed by atoms with Crippen molar-refractivity contribution in [3.05, 3.63) is 0 Å². The van der Waals surface area contributed by atoms with Crippen molar-refractivity contribution in [2.24, 2.45) is 0 Å². The fraction of sp³-hybridized carbons (Fsp3) is 0.833. The molecule has 6 heteroatoms. The zero-order chi connectivity index (χ0) is 13.3. The molecule has 0 aromatic heterocycles. The molecule has 0 bridgehead atoms. The van der Waals surface area contributed by atoms with Crippen LogP contribution in [0, 0.1) is 0 Å². The second kappa shape index (κ2) is 4.76. The molecule has 2 heterocycles. The van der Waals surface area contributed by atoms with Crippen molar-refractivity contribution < 1.29 is 19.8 Å². The number of hydrogen-bond donors (Lipinski definition) is 2. The minimum absolute atomic E-state index is 0.204. The lowest BCUT2D eigenvalue weighted by atomic mass is 9.99. The van der Waals surface area contributed by atoms with E-state index in [1.807, 2.05) is 0 Å². The summed E-state index contributed by atoms with van der Waals surface area (Å²) in [6, 6.07) is -0.204. The molecule has 2 aliphatic rings. The van der Waals surface area contributed by atoms with Gasteiger partial charge in [-0.1, -0.05) is 0 Å². The molecule has 0 saturated carbocycles. The molecule has 0 radical (unpaired) electrons. The number of carboxylic acid groups (broad SMARTS) is 1. The highest BCUT2D eigenvalue weighted by Crippen LogP contribution is 2.30. The Labute approximate surface area is 106 Å². The molecule has 18 heavy (non-hydrogen) atoms. The van der Waals surface area contributed by atoms with Crippen LogP contribution in [0.25, 0.3) is 0 Å². The highest BCUT2D eigenvalue weighted by Gasteiger charge is 2.47. The Morgan fingerprint density at radius 1 is 1.22 bits per heavy atom. The van der Waals surface area contributed by atoms with Gasteiger partial charge in [0.05, 0.1) is 6.10 Å². The average molecular weight is 256 g/mol. The van der Waals surface area contributed by atoms with Crippen LogP contribution >= 0.6 is 0 Å². The largest absolute Gasteiger partial charge is 0.480 e. The van der Waals surface area contributed by atoms with Gasteiger partial charge in [-0.3, -0.25) is 0 Å². The number of urea groups is 1. The van der Waals surface area contributed by atoms with E-state index in [1.165, 1.54) is 4.90 Å². The summed E-state index contributed by atoms with van der Waals surface area (Å²) in [6.07, 6.45) is 2.04. The van der Waals surface area contributed by atoms with Crippen LogP contribution in [0.1, 0.15) is 32.6 Å². The predicted octanol–water partition coefficient (Wildman–Crippen LogP) is 0.502. The Hall–Kier alpha value is -1.30. The van der Waals surface area contributed by atoms with E-state index >= 15 is 0 Å². The van der Waals surface area contributed by atoms with Gasteiger partial charge in [0.1, 0.15) is 5.54 Å². The topological polar surface area (TPSA) is 81.1 Å². The fourth-order valence-corrected chi connectivity index (χ4v) is 2.72. The lowest BCUT2D eigenvalue weighted by molar-refractivity contribution is -0.147. The highest BCUT2D eigenvalue weighted by atomic mass is 16.4. The van der Waals surface area contributed by atoms with Gasteiger partial charge in [-0.15, -0.1) is 0 Å². The number of amides is 2. The van der Waals surface area contributed by atoms with E-state index in [4.69, 9.17) is 0 Å². The third kappa shape index (κ3) is 2.16. The van der Waals surface area contributed by atoms with E-state index in [9.17, 15) is 19.8 Å². The average Bonchev–Trinajstić information content (AvgIpc) is 2.73. The summed E-state index contributed by atoms with van der Waals surface area (Å²) in [4.78, 5) is 26.8. The van der Waals surface area contributed by atoms with E-state index in [0.29, 0.717) is 38.9 Å². The number of carbonyl (C=O) groups is 2. The van der Waals surface area contributed by atoms with Gasteiger partial charge < -0.3 is 20.0 Å². The zero-order valence-corrected chi connectivity index (χ0v) is 10.6. The van der Waals surface area contributed by atoms with Crippen molar-refractivity contribution in [1.82, 2.24) is 9.80 Å². The number of aliphatic hydroxyl groups excluding tert-OH is 1. The lowest BCUT2D eigenvalue weighted by Crippen LogP contribution is -2.56. The quantitative estimate of drug-likeness (QED) is 0.716. The number of rotatable bonds is 1. The highest BCUT2D eigenvalue weighted by molar-refractivity contribution is 5.86. The Kier molecular flexibility index (Phi) is 3.47. The second-order valence-corrected chi connectivity index (χ2v) is 5.33. The van der Waals surface area contributed by atoms with Crippen LogP contribution in [-0.2, 0) is 4.79 Å². The molecule has 6 nitrogen and oxygen atoms in total. The molecular weight excluding hydrogens is 236 g/mol. The summed E-state index contributed by atoms with van der Waals surface area (Å²) in [6.45, 7) is 3.12. The maximum absolute atomic E-state index is 12.3. The molecule has 2 N–H and O–H groups in total. The van der Waals surface area contributed by atoms with Crippen molar-refractivity contribution in [2.75, 3.05) is 19.6 Å². The second-order valence-electron chi connectivity index (χ2n) is 5.33. The van der Waals surface area contributed by atoms with Gasteiger partial charge in [-0.2, -0.15) is 0 Å². The number of piperidine rings is 1. The standard InChI is InChI=1S/C12H20N2O4/c1-12(10(16)17)5-2-6-14(12)11(18)13-7-3-9(15)4-8-13/h9,15H,2-8H2,1H3,(H,16,17). The number of likely N-dealkylation sites (tertiary alicyclic amines) is 2. The van der Waals surface area contributed by atoms with E-state index < -0.39 is 11.5 Å². The zero-order valence-electron chi connectivity index (χ0n) is 10.6. The summed E-state index contributed by atoms with van der Waals surface area (Å²) < 4.78 is 0. The van der Waals surface area contributed by atoms with Gasteiger partial charge in [-0.25, -0.2) is 9.59 Å². The van der Waals surface area contributed by atoms with Crippen molar-refractivity contribution in [2.45, 2.75) is 44.2 Å². The molecule has 2 saturated heterocycles. The summed E-state index contributed by atoms with van der Waals surface area (Å²) in [5.74, 6) is -0.939. The van der Waals surface area contributed by atoms with Crippen molar-refractivity contribution >= 4 is 12.0 Å². The monoisotopic (exact) mass is 256 g/mol. The van der Waals surface area contributed by atoms with Gasteiger partial charge in [0.2, 0.25) is 0 Å². The van der Waals surface area contributed by atoms with Gasteiger partial charge >= 0.3 is 12.0 Å². The van der Waals surface area contributed by atoms with Gasteiger partial charge in [0.25, 0.3) is 0 Å². The smallest absolute Gasteiger partial charge is 0.329 e. The molecule has 102 valence electrons.